The maximum absolute atomic E-state index is 11.8. The van der Waals surface area contributed by atoms with Crippen LogP contribution in [0.25, 0.3) is 0 Å². The van der Waals surface area contributed by atoms with Gasteiger partial charge in [0.1, 0.15) is 0 Å². The molecular formula is C12H15N3O3. The maximum Gasteiger partial charge on any atom is 0.348 e. The van der Waals surface area contributed by atoms with E-state index in [4.69, 9.17) is 9.84 Å². The van der Waals surface area contributed by atoms with Crippen molar-refractivity contribution in [1.29, 1.82) is 0 Å². The number of aliphatic hydroxyl groups is 1. The lowest BCUT2D eigenvalue weighted by atomic mass is 10.1. The van der Waals surface area contributed by atoms with Gasteiger partial charge in [0, 0.05) is 7.05 Å². The van der Waals surface area contributed by atoms with Crippen molar-refractivity contribution < 1.29 is 9.84 Å². The Morgan fingerprint density at radius 1 is 1.39 bits per heavy atom. The highest BCUT2D eigenvalue weighted by atomic mass is 16.5. The van der Waals surface area contributed by atoms with Crippen molar-refractivity contribution in [3.63, 3.8) is 0 Å². The Hall–Kier alpha value is -2.08. The summed E-state index contributed by atoms with van der Waals surface area (Å²) in [7, 11) is 3.05. The van der Waals surface area contributed by atoms with E-state index in [0.717, 1.165) is 11.1 Å². The molecule has 1 N–H and O–H groups in total. The first-order valence-corrected chi connectivity index (χ1v) is 5.52. The number of hydrogen-bond donors (Lipinski definition) is 1. The van der Waals surface area contributed by atoms with Gasteiger partial charge in [-0.2, -0.15) is 0 Å². The molecule has 1 aromatic carbocycles. The quantitative estimate of drug-likeness (QED) is 0.836. The molecule has 0 bridgehead atoms. The van der Waals surface area contributed by atoms with Gasteiger partial charge in [-0.25, -0.2) is 14.0 Å². The van der Waals surface area contributed by atoms with Crippen molar-refractivity contribution in [1.82, 2.24) is 14.3 Å². The standard InChI is InChI=1S/C12H15N3O3/c1-14-12(17)15(11(13-14)18-2)7-9-4-3-5-10(6-9)8-16/h3-6,16H,7-8H2,1-2H3. The fraction of sp³-hybridized carbons (Fsp3) is 0.333. The highest BCUT2D eigenvalue weighted by Gasteiger charge is 2.11. The van der Waals surface area contributed by atoms with Crippen molar-refractivity contribution in [3.05, 3.63) is 45.9 Å². The van der Waals surface area contributed by atoms with Gasteiger partial charge in [0.05, 0.1) is 20.3 Å². The minimum atomic E-state index is -0.235. The summed E-state index contributed by atoms with van der Waals surface area (Å²) < 4.78 is 7.73. The predicted molar refractivity (Wildman–Crippen MR) is 65.5 cm³/mol. The Morgan fingerprint density at radius 2 is 2.11 bits per heavy atom. The summed E-state index contributed by atoms with van der Waals surface area (Å²) in [5.41, 5.74) is 1.49. The van der Waals surface area contributed by atoms with Crippen LogP contribution in [0.15, 0.2) is 29.1 Å². The van der Waals surface area contributed by atoms with E-state index in [1.54, 1.807) is 7.05 Å². The van der Waals surface area contributed by atoms with Crippen LogP contribution < -0.4 is 10.4 Å². The van der Waals surface area contributed by atoms with Crippen LogP contribution in [0.4, 0.5) is 0 Å². The van der Waals surface area contributed by atoms with Gasteiger partial charge in [-0.3, -0.25) is 0 Å². The van der Waals surface area contributed by atoms with Gasteiger partial charge in [-0.05, 0) is 11.1 Å². The second-order valence-corrected chi connectivity index (χ2v) is 3.96. The van der Waals surface area contributed by atoms with E-state index in [1.165, 1.54) is 16.4 Å². The number of benzene rings is 1. The molecule has 0 aliphatic carbocycles. The van der Waals surface area contributed by atoms with Crippen LogP contribution in [0.1, 0.15) is 11.1 Å². The third kappa shape index (κ3) is 2.28. The summed E-state index contributed by atoms with van der Waals surface area (Å²) in [6.07, 6.45) is 0. The average Bonchev–Trinajstić information content (AvgIpc) is 2.67. The molecule has 0 aliphatic rings. The second kappa shape index (κ2) is 5.05. The van der Waals surface area contributed by atoms with Crippen LogP contribution in [-0.2, 0) is 20.2 Å². The normalized spacial score (nSPS) is 10.6. The molecule has 6 heteroatoms. The molecule has 0 spiro atoms. The van der Waals surface area contributed by atoms with Crippen molar-refractivity contribution >= 4 is 0 Å². The number of nitrogens with zero attached hydrogens (tertiary/aromatic N) is 3. The highest BCUT2D eigenvalue weighted by Crippen LogP contribution is 2.10. The summed E-state index contributed by atoms with van der Waals surface area (Å²) in [6.45, 7) is 0.344. The highest BCUT2D eigenvalue weighted by molar-refractivity contribution is 5.23. The molecule has 1 heterocycles. The minimum absolute atomic E-state index is 0.0209. The summed E-state index contributed by atoms with van der Waals surface area (Å²) in [5, 5.41) is 13.0. The molecule has 0 fully saturated rings. The molecule has 2 aromatic rings. The molecular weight excluding hydrogens is 234 g/mol. The first-order valence-electron chi connectivity index (χ1n) is 5.52. The number of aryl methyl sites for hydroxylation is 1. The molecule has 2 rings (SSSR count). The molecule has 0 atom stereocenters. The maximum atomic E-state index is 11.8. The van der Waals surface area contributed by atoms with Crippen molar-refractivity contribution in [2.75, 3.05) is 7.11 Å². The van der Waals surface area contributed by atoms with Gasteiger partial charge < -0.3 is 9.84 Å². The lowest BCUT2D eigenvalue weighted by Gasteiger charge is -2.05. The molecule has 0 saturated heterocycles. The van der Waals surface area contributed by atoms with Gasteiger partial charge >= 0.3 is 11.7 Å². The van der Waals surface area contributed by atoms with E-state index in [-0.39, 0.29) is 18.3 Å². The molecule has 0 aliphatic heterocycles. The van der Waals surface area contributed by atoms with Gasteiger partial charge in [0.15, 0.2) is 0 Å². The van der Waals surface area contributed by atoms with E-state index >= 15 is 0 Å². The van der Waals surface area contributed by atoms with Crippen LogP contribution in [0.3, 0.4) is 0 Å². The lowest BCUT2D eigenvalue weighted by molar-refractivity contribution is 0.281. The summed E-state index contributed by atoms with van der Waals surface area (Å²) >= 11 is 0. The van der Waals surface area contributed by atoms with Crippen LogP contribution in [0, 0.1) is 0 Å². The van der Waals surface area contributed by atoms with Crippen LogP contribution in [0.2, 0.25) is 0 Å². The average molecular weight is 249 g/mol. The summed E-state index contributed by atoms with van der Waals surface area (Å²) in [5.74, 6) is 0. The Bertz CT molecular complexity index is 601. The largest absolute Gasteiger partial charge is 0.467 e. The number of hydrogen-bond acceptors (Lipinski definition) is 4. The zero-order valence-electron chi connectivity index (χ0n) is 10.3. The van der Waals surface area contributed by atoms with Crippen LogP contribution in [0.5, 0.6) is 6.01 Å². The zero-order valence-corrected chi connectivity index (χ0v) is 10.3. The van der Waals surface area contributed by atoms with E-state index in [0.29, 0.717) is 6.54 Å². The smallest absolute Gasteiger partial charge is 0.348 e. The van der Waals surface area contributed by atoms with E-state index in [1.807, 2.05) is 24.3 Å². The number of aliphatic hydroxyl groups excluding tert-OH is 1. The first-order chi connectivity index (χ1) is 8.65. The molecule has 0 unspecified atom stereocenters. The lowest BCUT2D eigenvalue weighted by Crippen LogP contribution is -2.23. The fourth-order valence-electron chi connectivity index (χ4n) is 1.78. The Kier molecular flexibility index (Phi) is 3.47. The molecule has 96 valence electrons. The molecule has 0 amide bonds. The Balaban J connectivity index is 2.36. The monoisotopic (exact) mass is 249 g/mol. The number of ether oxygens (including phenoxy) is 1. The number of methoxy groups -OCH3 is 1. The van der Waals surface area contributed by atoms with Crippen molar-refractivity contribution in [3.8, 4) is 6.01 Å². The number of aromatic nitrogens is 3. The Labute approximate surface area is 104 Å². The van der Waals surface area contributed by atoms with Gasteiger partial charge in [-0.15, -0.1) is 5.10 Å². The zero-order chi connectivity index (χ0) is 13.1. The third-order valence-corrected chi connectivity index (χ3v) is 2.67. The molecule has 6 nitrogen and oxygen atoms in total. The second-order valence-electron chi connectivity index (χ2n) is 3.96. The minimum Gasteiger partial charge on any atom is -0.467 e. The first kappa shape index (κ1) is 12.4. The van der Waals surface area contributed by atoms with Crippen molar-refractivity contribution in [2.45, 2.75) is 13.2 Å². The third-order valence-electron chi connectivity index (χ3n) is 2.67. The van der Waals surface area contributed by atoms with E-state index in [9.17, 15) is 4.79 Å². The predicted octanol–water partition coefficient (Wildman–Crippen LogP) is 0.131. The van der Waals surface area contributed by atoms with Gasteiger partial charge in [0.2, 0.25) is 0 Å². The topological polar surface area (TPSA) is 69.3 Å². The van der Waals surface area contributed by atoms with Crippen LogP contribution in [-0.4, -0.2) is 26.6 Å². The van der Waals surface area contributed by atoms with Crippen molar-refractivity contribution in [2.24, 2.45) is 7.05 Å². The fourth-order valence-corrected chi connectivity index (χ4v) is 1.78. The molecule has 18 heavy (non-hydrogen) atoms. The number of rotatable bonds is 4. The van der Waals surface area contributed by atoms with Gasteiger partial charge in [-0.1, -0.05) is 24.3 Å². The van der Waals surface area contributed by atoms with Crippen LogP contribution >= 0.6 is 0 Å². The van der Waals surface area contributed by atoms with Gasteiger partial charge in [0.25, 0.3) is 0 Å². The summed E-state index contributed by atoms with van der Waals surface area (Å²) in [6, 6.07) is 7.68. The SMILES string of the molecule is COc1nn(C)c(=O)n1Cc1cccc(CO)c1. The van der Waals surface area contributed by atoms with E-state index in [2.05, 4.69) is 5.10 Å². The summed E-state index contributed by atoms with van der Waals surface area (Å²) in [4.78, 5) is 11.8. The molecule has 1 aromatic heterocycles. The molecule has 0 radical (unpaired) electrons. The Morgan fingerprint density at radius 3 is 2.78 bits per heavy atom. The molecule has 0 saturated carbocycles. The van der Waals surface area contributed by atoms with E-state index < -0.39 is 0 Å².